The Morgan fingerprint density at radius 3 is 2.53 bits per heavy atom. The first-order valence-corrected chi connectivity index (χ1v) is 5.20. The highest BCUT2D eigenvalue weighted by Crippen LogP contribution is 2.08. The van der Waals surface area contributed by atoms with Gasteiger partial charge in [0.15, 0.2) is 0 Å². The third-order valence-electron chi connectivity index (χ3n) is 2.31. The molecule has 0 amide bonds. The molecule has 0 spiro atoms. The van der Waals surface area contributed by atoms with E-state index in [2.05, 4.69) is 36.3 Å². The van der Waals surface area contributed by atoms with E-state index < -0.39 is 0 Å². The van der Waals surface area contributed by atoms with Gasteiger partial charge in [-0.3, -0.25) is 0 Å². The van der Waals surface area contributed by atoms with Crippen LogP contribution in [0.4, 0.5) is 0 Å². The third kappa shape index (κ3) is 2.43. The molecule has 0 fully saturated rings. The van der Waals surface area contributed by atoms with Crippen molar-refractivity contribution in [1.82, 2.24) is 15.0 Å². The molecule has 0 aliphatic heterocycles. The molecule has 0 aliphatic rings. The molecule has 0 saturated carbocycles. The number of aromatic nitrogens is 3. The van der Waals surface area contributed by atoms with Gasteiger partial charge >= 0.3 is 0 Å². The van der Waals surface area contributed by atoms with Gasteiger partial charge in [0.25, 0.3) is 0 Å². The quantitative estimate of drug-likeness (QED) is 0.763. The highest BCUT2D eigenvalue weighted by molar-refractivity contribution is 5.19. The highest BCUT2D eigenvalue weighted by atomic mass is 15.4. The standard InChI is InChI=1S/C12H15N3/c1-10(2)15-9-12(13-14-15)8-11-6-4-3-5-7-11/h3-7,9-10H,8H2,1-2H3. The lowest BCUT2D eigenvalue weighted by Crippen LogP contribution is -2.00. The Balaban J connectivity index is 2.12. The van der Waals surface area contributed by atoms with Crippen LogP contribution in [0.2, 0.25) is 0 Å². The maximum Gasteiger partial charge on any atom is 0.0870 e. The number of nitrogens with zero attached hydrogens (tertiary/aromatic N) is 3. The first-order chi connectivity index (χ1) is 7.25. The summed E-state index contributed by atoms with van der Waals surface area (Å²) in [7, 11) is 0. The minimum Gasteiger partial charge on any atom is -0.250 e. The van der Waals surface area contributed by atoms with Crippen LogP contribution < -0.4 is 0 Å². The van der Waals surface area contributed by atoms with E-state index in [0.29, 0.717) is 6.04 Å². The normalized spacial score (nSPS) is 10.9. The van der Waals surface area contributed by atoms with E-state index in [1.807, 2.05) is 29.1 Å². The minimum atomic E-state index is 0.377. The van der Waals surface area contributed by atoms with Gasteiger partial charge in [-0.05, 0) is 19.4 Å². The lowest BCUT2D eigenvalue weighted by atomic mass is 10.1. The van der Waals surface area contributed by atoms with Crippen molar-refractivity contribution >= 4 is 0 Å². The maximum absolute atomic E-state index is 4.15. The fraction of sp³-hybridized carbons (Fsp3) is 0.333. The van der Waals surface area contributed by atoms with E-state index in [4.69, 9.17) is 0 Å². The van der Waals surface area contributed by atoms with Gasteiger partial charge in [0, 0.05) is 18.7 Å². The zero-order chi connectivity index (χ0) is 10.7. The number of rotatable bonds is 3. The molecule has 1 heterocycles. The molecule has 0 unspecified atom stereocenters. The van der Waals surface area contributed by atoms with Crippen LogP contribution in [0.5, 0.6) is 0 Å². The first-order valence-electron chi connectivity index (χ1n) is 5.20. The van der Waals surface area contributed by atoms with Gasteiger partial charge in [0.2, 0.25) is 0 Å². The van der Waals surface area contributed by atoms with Crippen molar-refractivity contribution in [2.45, 2.75) is 26.3 Å². The van der Waals surface area contributed by atoms with Gasteiger partial charge in [-0.15, -0.1) is 5.10 Å². The average Bonchev–Trinajstić information content (AvgIpc) is 2.68. The van der Waals surface area contributed by atoms with Crippen LogP contribution in [0, 0.1) is 0 Å². The lowest BCUT2D eigenvalue weighted by Gasteiger charge is -2.01. The summed E-state index contributed by atoms with van der Waals surface area (Å²) in [6.45, 7) is 4.20. The molecule has 0 atom stereocenters. The Morgan fingerprint density at radius 1 is 1.20 bits per heavy atom. The molecule has 0 bridgehead atoms. The monoisotopic (exact) mass is 201 g/mol. The molecule has 3 nitrogen and oxygen atoms in total. The highest BCUT2D eigenvalue weighted by Gasteiger charge is 2.03. The van der Waals surface area contributed by atoms with Crippen LogP contribution in [0.15, 0.2) is 36.5 Å². The van der Waals surface area contributed by atoms with E-state index in [-0.39, 0.29) is 0 Å². The average molecular weight is 201 g/mol. The van der Waals surface area contributed by atoms with Gasteiger partial charge in [0.05, 0.1) is 5.69 Å². The molecule has 0 aliphatic carbocycles. The molecule has 1 aromatic carbocycles. The number of hydrogen-bond acceptors (Lipinski definition) is 2. The van der Waals surface area contributed by atoms with Crippen molar-refractivity contribution < 1.29 is 0 Å². The summed E-state index contributed by atoms with van der Waals surface area (Å²) in [5.41, 5.74) is 2.29. The van der Waals surface area contributed by atoms with E-state index >= 15 is 0 Å². The Morgan fingerprint density at radius 2 is 1.93 bits per heavy atom. The molecule has 78 valence electrons. The van der Waals surface area contributed by atoms with Crippen LogP contribution in [-0.4, -0.2) is 15.0 Å². The molecule has 3 heteroatoms. The summed E-state index contributed by atoms with van der Waals surface area (Å²) in [4.78, 5) is 0. The van der Waals surface area contributed by atoms with Crippen molar-refractivity contribution in [2.24, 2.45) is 0 Å². The van der Waals surface area contributed by atoms with Crippen molar-refractivity contribution in [3.05, 3.63) is 47.8 Å². The second-order valence-electron chi connectivity index (χ2n) is 3.95. The van der Waals surface area contributed by atoms with Gasteiger partial charge in [-0.2, -0.15) is 0 Å². The molecule has 2 aromatic rings. The minimum absolute atomic E-state index is 0.377. The summed E-state index contributed by atoms with van der Waals surface area (Å²) >= 11 is 0. The molecule has 0 radical (unpaired) electrons. The van der Waals surface area contributed by atoms with E-state index in [1.165, 1.54) is 5.56 Å². The van der Waals surface area contributed by atoms with E-state index in [9.17, 15) is 0 Å². The summed E-state index contributed by atoms with van der Waals surface area (Å²) in [6.07, 6.45) is 2.87. The first kappa shape index (κ1) is 9.90. The van der Waals surface area contributed by atoms with E-state index in [1.54, 1.807) is 0 Å². The molecule has 15 heavy (non-hydrogen) atoms. The maximum atomic E-state index is 4.15. The van der Waals surface area contributed by atoms with Crippen molar-refractivity contribution in [3.8, 4) is 0 Å². The molecule has 0 saturated heterocycles. The molecular weight excluding hydrogens is 186 g/mol. The molecule has 2 rings (SSSR count). The Hall–Kier alpha value is -1.64. The summed E-state index contributed by atoms with van der Waals surface area (Å²) in [5, 5.41) is 8.22. The fourth-order valence-corrected chi connectivity index (χ4v) is 1.45. The topological polar surface area (TPSA) is 30.7 Å². The predicted octanol–water partition coefficient (Wildman–Crippen LogP) is 2.45. The zero-order valence-electron chi connectivity index (χ0n) is 9.09. The summed E-state index contributed by atoms with van der Waals surface area (Å²) in [5.74, 6) is 0. The van der Waals surface area contributed by atoms with Crippen molar-refractivity contribution in [3.63, 3.8) is 0 Å². The van der Waals surface area contributed by atoms with Gasteiger partial charge in [-0.25, -0.2) is 4.68 Å². The molecule has 0 N–H and O–H groups in total. The zero-order valence-corrected chi connectivity index (χ0v) is 9.09. The van der Waals surface area contributed by atoms with Crippen LogP contribution in [-0.2, 0) is 6.42 Å². The number of benzene rings is 1. The molecular formula is C12H15N3. The smallest absolute Gasteiger partial charge is 0.0870 e. The second-order valence-corrected chi connectivity index (χ2v) is 3.95. The lowest BCUT2D eigenvalue weighted by molar-refractivity contribution is 0.514. The third-order valence-corrected chi connectivity index (χ3v) is 2.31. The largest absolute Gasteiger partial charge is 0.250 e. The van der Waals surface area contributed by atoms with Crippen LogP contribution in [0.3, 0.4) is 0 Å². The number of hydrogen-bond donors (Lipinski definition) is 0. The van der Waals surface area contributed by atoms with Crippen LogP contribution >= 0.6 is 0 Å². The Kier molecular flexibility index (Phi) is 2.81. The SMILES string of the molecule is CC(C)n1cc(Cc2ccccc2)nn1. The second kappa shape index (κ2) is 4.26. The van der Waals surface area contributed by atoms with E-state index in [0.717, 1.165) is 12.1 Å². The van der Waals surface area contributed by atoms with Gasteiger partial charge in [-0.1, -0.05) is 35.5 Å². The predicted molar refractivity (Wildman–Crippen MR) is 59.7 cm³/mol. The van der Waals surface area contributed by atoms with Gasteiger partial charge < -0.3 is 0 Å². The van der Waals surface area contributed by atoms with Crippen molar-refractivity contribution in [1.29, 1.82) is 0 Å². The Bertz CT molecular complexity index is 417. The van der Waals surface area contributed by atoms with Crippen LogP contribution in [0.25, 0.3) is 0 Å². The fourth-order valence-electron chi connectivity index (χ4n) is 1.45. The van der Waals surface area contributed by atoms with Gasteiger partial charge in [0.1, 0.15) is 0 Å². The summed E-state index contributed by atoms with van der Waals surface area (Å²) in [6, 6.07) is 10.7. The van der Waals surface area contributed by atoms with Crippen LogP contribution in [0.1, 0.15) is 31.1 Å². The van der Waals surface area contributed by atoms with Crippen molar-refractivity contribution in [2.75, 3.05) is 0 Å². The molecule has 1 aromatic heterocycles. The summed E-state index contributed by atoms with van der Waals surface area (Å²) < 4.78 is 1.89. The Labute approximate surface area is 89.7 Å².